The van der Waals surface area contributed by atoms with Crippen molar-refractivity contribution < 1.29 is 9.50 Å². The van der Waals surface area contributed by atoms with Crippen LogP contribution >= 0.6 is 15.9 Å². The molecule has 12 heavy (non-hydrogen) atoms. The van der Waals surface area contributed by atoms with Crippen molar-refractivity contribution in [2.24, 2.45) is 5.73 Å². The Morgan fingerprint density at radius 3 is 2.75 bits per heavy atom. The van der Waals surface area contributed by atoms with E-state index in [9.17, 15) is 9.50 Å². The van der Waals surface area contributed by atoms with Crippen molar-refractivity contribution in [1.82, 2.24) is 0 Å². The molecule has 0 fully saturated rings. The van der Waals surface area contributed by atoms with Gasteiger partial charge in [0.25, 0.3) is 0 Å². The van der Waals surface area contributed by atoms with Crippen molar-refractivity contribution in [1.29, 1.82) is 0 Å². The first-order valence-electron chi connectivity index (χ1n) is 3.44. The van der Waals surface area contributed by atoms with Crippen LogP contribution in [0.25, 0.3) is 0 Å². The van der Waals surface area contributed by atoms with Gasteiger partial charge in [-0.1, -0.05) is 15.9 Å². The molecule has 0 aromatic heterocycles. The lowest BCUT2D eigenvalue weighted by atomic mass is 10.1. The first kappa shape index (κ1) is 9.48. The number of aromatic hydroxyl groups is 1. The smallest absolute Gasteiger partial charge is 0.166 e. The van der Waals surface area contributed by atoms with Crippen molar-refractivity contribution in [2.75, 3.05) is 0 Å². The summed E-state index contributed by atoms with van der Waals surface area (Å²) >= 11 is 3.17. The van der Waals surface area contributed by atoms with Crippen LogP contribution < -0.4 is 5.73 Å². The van der Waals surface area contributed by atoms with Gasteiger partial charge in [0.2, 0.25) is 0 Å². The van der Waals surface area contributed by atoms with Crippen molar-refractivity contribution >= 4 is 15.9 Å². The molecule has 0 saturated heterocycles. The third kappa shape index (κ3) is 1.44. The van der Waals surface area contributed by atoms with Crippen LogP contribution in [0.1, 0.15) is 11.1 Å². The Bertz CT molecular complexity index is 288. The number of hydrogen-bond acceptors (Lipinski definition) is 2. The van der Waals surface area contributed by atoms with Crippen molar-refractivity contribution in [3.63, 3.8) is 0 Å². The number of rotatable bonds is 1. The maximum absolute atomic E-state index is 12.9. The highest BCUT2D eigenvalue weighted by atomic mass is 79.9. The van der Waals surface area contributed by atoms with Crippen LogP contribution in [0.2, 0.25) is 0 Å². The van der Waals surface area contributed by atoms with E-state index in [0.29, 0.717) is 10.0 Å². The zero-order valence-electron chi connectivity index (χ0n) is 6.56. The highest BCUT2D eigenvalue weighted by Crippen LogP contribution is 2.30. The molecule has 0 heterocycles. The van der Waals surface area contributed by atoms with E-state index < -0.39 is 5.82 Å². The predicted molar refractivity (Wildman–Crippen MR) is 48.4 cm³/mol. The van der Waals surface area contributed by atoms with Crippen LogP contribution in [0, 0.1) is 12.7 Å². The summed E-state index contributed by atoms with van der Waals surface area (Å²) in [6, 6.07) is 1.23. The molecular formula is C8H9BrFNO. The molecule has 1 rings (SSSR count). The Kier molecular flexibility index (Phi) is 2.69. The summed E-state index contributed by atoms with van der Waals surface area (Å²) in [5.74, 6) is -0.994. The Balaban J connectivity index is 3.42. The lowest BCUT2D eigenvalue weighted by Gasteiger charge is -2.08. The van der Waals surface area contributed by atoms with Gasteiger partial charge in [-0.25, -0.2) is 4.39 Å². The van der Waals surface area contributed by atoms with Gasteiger partial charge in [0.15, 0.2) is 11.6 Å². The van der Waals surface area contributed by atoms with Crippen LogP contribution in [-0.2, 0) is 6.54 Å². The fourth-order valence-electron chi connectivity index (χ4n) is 1.00. The first-order chi connectivity index (χ1) is 5.57. The van der Waals surface area contributed by atoms with Gasteiger partial charge in [-0.15, -0.1) is 0 Å². The molecule has 1 aromatic rings. The van der Waals surface area contributed by atoms with Crippen molar-refractivity contribution in [3.8, 4) is 5.75 Å². The summed E-state index contributed by atoms with van der Waals surface area (Å²) in [6.45, 7) is 1.90. The quantitative estimate of drug-likeness (QED) is 0.781. The van der Waals surface area contributed by atoms with E-state index in [4.69, 9.17) is 5.73 Å². The summed E-state index contributed by atoms with van der Waals surface area (Å²) in [7, 11) is 0. The number of phenolic OH excluding ortho intramolecular Hbond substituents is 1. The molecule has 0 amide bonds. The molecular weight excluding hydrogens is 225 g/mol. The van der Waals surface area contributed by atoms with E-state index in [1.165, 1.54) is 6.07 Å². The number of nitrogens with two attached hydrogens (primary N) is 1. The summed E-state index contributed by atoms with van der Waals surface area (Å²) in [5, 5.41) is 9.23. The average Bonchev–Trinajstić information content (AvgIpc) is 2.02. The minimum atomic E-state index is -0.645. The Hall–Kier alpha value is -0.610. The molecule has 0 spiro atoms. The first-order valence-corrected chi connectivity index (χ1v) is 4.23. The number of benzene rings is 1. The van der Waals surface area contributed by atoms with E-state index in [2.05, 4.69) is 15.9 Å². The summed E-state index contributed by atoms with van der Waals surface area (Å²) in [5.41, 5.74) is 6.56. The zero-order chi connectivity index (χ0) is 9.30. The average molecular weight is 234 g/mol. The molecule has 2 nitrogen and oxygen atoms in total. The van der Waals surface area contributed by atoms with E-state index >= 15 is 0 Å². The molecule has 66 valence electrons. The molecule has 0 radical (unpaired) electrons. The summed E-state index contributed by atoms with van der Waals surface area (Å²) in [4.78, 5) is 0. The highest BCUT2D eigenvalue weighted by molar-refractivity contribution is 9.10. The third-order valence-electron chi connectivity index (χ3n) is 1.78. The SMILES string of the molecule is Cc1c(Br)cc(F)c(O)c1CN. The Labute approximate surface area is 78.3 Å². The molecule has 0 aliphatic carbocycles. The van der Waals surface area contributed by atoms with Gasteiger partial charge < -0.3 is 10.8 Å². The lowest BCUT2D eigenvalue weighted by molar-refractivity contribution is 0.425. The maximum Gasteiger partial charge on any atom is 0.166 e. The third-order valence-corrected chi connectivity index (χ3v) is 2.60. The van der Waals surface area contributed by atoms with E-state index in [1.54, 1.807) is 6.92 Å². The second-order valence-corrected chi connectivity index (χ2v) is 3.35. The minimum absolute atomic E-state index is 0.133. The van der Waals surface area contributed by atoms with Gasteiger partial charge in [-0.2, -0.15) is 0 Å². The van der Waals surface area contributed by atoms with Gasteiger partial charge in [0.1, 0.15) is 0 Å². The molecule has 0 atom stereocenters. The number of phenols is 1. The molecule has 3 N–H and O–H groups in total. The predicted octanol–water partition coefficient (Wildman–Crippen LogP) is 2.06. The Morgan fingerprint density at radius 1 is 1.67 bits per heavy atom. The normalized spacial score (nSPS) is 10.3. The van der Waals surface area contributed by atoms with Gasteiger partial charge in [0.05, 0.1) is 0 Å². The molecule has 0 aliphatic heterocycles. The standard InChI is InChI=1S/C8H9BrFNO/c1-4-5(3-11)8(12)7(10)2-6(4)9/h2,12H,3,11H2,1H3. The van der Waals surface area contributed by atoms with Gasteiger partial charge in [-0.05, 0) is 18.6 Å². The van der Waals surface area contributed by atoms with Crippen LogP contribution in [0.4, 0.5) is 4.39 Å². The second kappa shape index (κ2) is 3.41. The summed E-state index contributed by atoms with van der Waals surface area (Å²) < 4.78 is 13.5. The minimum Gasteiger partial charge on any atom is -0.505 e. The van der Waals surface area contributed by atoms with E-state index in [-0.39, 0.29) is 12.3 Å². The van der Waals surface area contributed by atoms with E-state index in [0.717, 1.165) is 5.56 Å². The molecule has 0 saturated carbocycles. The fraction of sp³-hybridized carbons (Fsp3) is 0.250. The molecule has 0 bridgehead atoms. The van der Waals surface area contributed by atoms with Crippen LogP contribution in [-0.4, -0.2) is 5.11 Å². The number of hydrogen-bond donors (Lipinski definition) is 2. The van der Waals surface area contributed by atoms with Crippen LogP contribution in [0.3, 0.4) is 0 Å². The van der Waals surface area contributed by atoms with Crippen molar-refractivity contribution in [2.45, 2.75) is 13.5 Å². The lowest BCUT2D eigenvalue weighted by Crippen LogP contribution is -2.01. The largest absolute Gasteiger partial charge is 0.505 e. The van der Waals surface area contributed by atoms with Gasteiger partial charge >= 0.3 is 0 Å². The highest BCUT2D eigenvalue weighted by Gasteiger charge is 2.11. The topological polar surface area (TPSA) is 46.2 Å². The monoisotopic (exact) mass is 233 g/mol. The number of halogens is 2. The van der Waals surface area contributed by atoms with Crippen molar-refractivity contribution in [3.05, 3.63) is 27.5 Å². The molecule has 0 aliphatic rings. The van der Waals surface area contributed by atoms with Crippen LogP contribution in [0.15, 0.2) is 10.5 Å². The van der Waals surface area contributed by atoms with E-state index in [1.807, 2.05) is 0 Å². The molecule has 1 aromatic carbocycles. The summed E-state index contributed by atoms with van der Waals surface area (Å²) in [6.07, 6.45) is 0. The van der Waals surface area contributed by atoms with Gasteiger partial charge in [0, 0.05) is 16.6 Å². The molecule has 0 unspecified atom stereocenters. The zero-order valence-corrected chi connectivity index (χ0v) is 8.15. The Morgan fingerprint density at radius 2 is 2.25 bits per heavy atom. The second-order valence-electron chi connectivity index (χ2n) is 2.50. The molecule has 4 heteroatoms. The maximum atomic E-state index is 12.9. The fourth-order valence-corrected chi connectivity index (χ4v) is 1.44. The van der Waals surface area contributed by atoms with Gasteiger partial charge in [-0.3, -0.25) is 0 Å². The van der Waals surface area contributed by atoms with Crippen LogP contribution in [0.5, 0.6) is 5.75 Å².